The molecule has 9 nitrogen and oxygen atoms in total. The molecule has 0 saturated carbocycles. The van der Waals surface area contributed by atoms with E-state index in [2.05, 4.69) is 15.8 Å². The molecular weight excluding hydrogens is 424 g/mol. The third-order valence-electron chi connectivity index (χ3n) is 4.77. The highest BCUT2D eigenvalue weighted by atomic mass is 16.6. The number of benzene rings is 3. The minimum absolute atomic E-state index is 0.135. The molecule has 0 unspecified atom stereocenters. The molecule has 3 rings (SSSR count). The summed E-state index contributed by atoms with van der Waals surface area (Å²) < 4.78 is 5.14. The van der Waals surface area contributed by atoms with Gasteiger partial charge in [-0.3, -0.25) is 19.7 Å². The Labute approximate surface area is 190 Å². The van der Waals surface area contributed by atoms with Crippen molar-refractivity contribution in [2.24, 2.45) is 5.10 Å². The number of non-ortho nitro benzene ring substituents is 1. The van der Waals surface area contributed by atoms with Crippen LogP contribution in [0.4, 0.5) is 5.69 Å². The highest BCUT2D eigenvalue weighted by molar-refractivity contribution is 5.91. The van der Waals surface area contributed by atoms with Crippen LogP contribution in [0.3, 0.4) is 0 Å². The lowest BCUT2D eigenvalue weighted by Crippen LogP contribution is -2.37. The number of nitrogens with zero attached hydrogens (tertiary/aromatic N) is 2. The van der Waals surface area contributed by atoms with E-state index < -0.39 is 16.7 Å². The summed E-state index contributed by atoms with van der Waals surface area (Å²) in [4.78, 5) is 35.5. The summed E-state index contributed by atoms with van der Waals surface area (Å²) in [6.45, 7) is -0.293. The van der Waals surface area contributed by atoms with Crippen molar-refractivity contribution in [3.05, 3.63) is 106 Å². The molecule has 2 N–H and O–H groups in total. The summed E-state index contributed by atoms with van der Waals surface area (Å²) in [5, 5.41) is 17.4. The number of hydrogen-bond acceptors (Lipinski definition) is 6. The van der Waals surface area contributed by atoms with E-state index in [1.54, 1.807) is 0 Å². The van der Waals surface area contributed by atoms with Gasteiger partial charge < -0.3 is 10.1 Å². The van der Waals surface area contributed by atoms with Crippen LogP contribution < -0.4 is 15.5 Å². The molecule has 0 bridgehead atoms. The van der Waals surface area contributed by atoms with Gasteiger partial charge in [-0.25, -0.2) is 5.43 Å². The predicted molar refractivity (Wildman–Crippen MR) is 123 cm³/mol. The molecule has 0 atom stereocenters. The lowest BCUT2D eigenvalue weighted by atomic mass is 9.90. The van der Waals surface area contributed by atoms with Gasteiger partial charge in [0.25, 0.3) is 11.6 Å². The number of ether oxygens (including phenoxy) is 1. The highest BCUT2D eigenvalue weighted by Gasteiger charge is 2.22. The smallest absolute Gasteiger partial charge is 0.270 e. The molecule has 0 spiro atoms. The number of carbonyl (C=O) groups is 2. The maximum Gasteiger partial charge on any atom is 0.270 e. The minimum atomic E-state index is -0.571. The number of amides is 2. The van der Waals surface area contributed by atoms with E-state index in [4.69, 9.17) is 4.74 Å². The minimum Gasteiger partial charge on any atom is -0.496 e. The first-order valence-corrected chi connectivity index (χ1v) is 10.0. The number of methoxy groups -OCH3 is 1. The van der Waals surface area contributed by atoms with Crippen molar-refractivity contribution in [3.63, 3.8) is 0 Å². The van der Waals surface area contributed by atoms with E-state index in [1.807, 2.05) is 60.7 Å². The van der Waals surface area contributed by atoms with Crippen LogP contribution in [0.25, 0.3) is 0 Å². The zero-order valence-corrected chi connectivity index (χ0v) is 17.8. The van der Waals surface area contributed by atoms with Gasteiger partial charge in [0.2, 0.25) is 5.91 Å². The van der Waals surface area contributed by atoms with Crippen molar-refractivity contribution in [1.82, 2.24) is 10.7 Å². The van der Waals surface area contributed by atoms with Crippen LogP contribution in [0.15, 0.2) is 84.0 Å². The summed E-state index contributed by atoms with van der Waals surface area (Å²) in [5.74, 6) is -1.09. The number of nitro groups is 1. The van der Waals surface area contributed by atoms with Crippen LogP contribution in [0.2, 0.25) is 0 Å². The molecule has 0 saturated heterocycles. The Kier molecular flexibility index (Phi) is 7.85. The molecule has 168 valence electrons. The summed E-state index contributed by atoms with van der Waals surface area (Å²) in [6, 6.07) is 22.6. The van der Waals surface area contributed by atoms with Gasteiger partial charge in [-0.05, 0) is 17.2 Å². The zero-order valence-electron chi connectivity index (χ0n) is 17.8. The Balaban J connectivity index is 1.63. The summed E-state index contributed by atoms with van der Waals surface area (Å²) in [6.07, 6.45) is 1.24. The van der Waals surface area contributed by atoms with Gasteiger partial charge in [0.1, 0.15) is 5.75 Å². The molecule has 0 aliphatic heterocycles. The fourth-order valence-corrected chi connectivity index (χ4v) is 3.21. The van der Waals surface area contributed by atoms with Crippen LogP contribution in [0.1, 0.15) is 22.6 Å². The van der Waals surface area contributed by atoms with Crippen LogP contribution in [-0.2, 0) is 9.59 Å². The Hall–Kier alpha value is -4.53. The van der Waals surface area contributed by atoms with E-state index in [1.165, 1.54) is 31.5 Å². The van der Waals surface area contributed by atoms with E-state index in [0.29, 0.717) is 11.3 Å². The van der Waals surface area contributed by atoms with E-state index >= 15 is 0 Å². The fraction of sp³-hybridized carbons (Fsp3) is 0.125. The van der Waals surface area contributed by atoms with Crippen molar-refractivity contribution < 1.29 is 19.2 Å². The number of nitrogens with one attached hydrogen (secondary N) is 2. The van der Waals surface area contributed by atoms with Gasteiger partial charge in [0, 0.05) is 17.7 Å². The normalized spacial score (nSPS) is 10.7. The SMILES string of the molecule is COc1ccc([N+](=O)[O-])cc1C=NNC(=O)CNC(=O)C(c1ccccc1)c1ccccc1. The van der Waals surface area contributed by atoms with Crippen LogP contribution in [0, 0.1) is 10.1 Å². The number of hydrazone groups is 1. The predicted octanol–water partition coefficient (Wildman–Crippen LogP) is 3.00. The number of carbonyl (C=O) groups excluding carboxylic acids is 2. The average molecular weight is 446 g/mol. The molecule has 0 heterocycles. The van der Waals surface area contributed by atoms with Gasteiger partial charge in [-0.1, -0.05) is 60.7 Å². The van der Waals surface area contributed by atoms with Gasteiger partial charge in [-0.2, -0.15) is 5.10 Å². The summed E-state index contributed by atoms with van der Waals surface area (Å²) in [7, 11) is 1.42. The van der Waals surface area contributed by atoms with E-state index in [0.717, 1.165) is 11.1 Å². The Morgan fingerprint density at radius 3 is 2.18 bits per heavy atom. The molecule has 0 aliphatic rings. The quantitative estimate of drug-likeness (QED) is 0.297. The molecule has 0 radical (unpaired) electrons. The maximum atomic E-state index is 12.9. The molecule has 0 aromatic heterocycles. The van der Waals surface area contributed by atoms with Crippen LogP contribution >= 0.6 is 0 Å². The van der Waals surface area contributed by atoms with Gasteiger partial charge >= 0.3 is 0 Å². The molecule has 9 heteroatoms. The number of rotatable bonds is 9. The summed E-state index contributed by atoms with van der Waals surface area (Å²) in [5.41, 5.74) is 4.09. The van der Waals surface area contributed by atoms with Crippen molar-refractivity contribution in [1.29, 1.82) is 0 Å². The summed E-state index contributed by atoms with van der Waals surface area (Å²) >= 11 is 0. The highest BCUT2D eigenvalue weighted by Crippen LogP contribution is 2.25. The largest absolute Gasteiger partial charge is 0.496 e. The van der Waals surface area contributed by atoms with Crippen molar-refractivity contribution in [2.75, 3.05) is 13.7 Å². The van der Waals surface area contributed by atoms with Gasteiger partial charge in [0.05, 0.1) is 30.7 Å². The molecule has 3 aromatic carbocycles. The molecule has 2 amide bonds. The Bertz CT molecular complexity index is 1110. The first-order chi connectivity index (χ1) is 16.0. The Morgan fingerprint density at radius 1 is 1.03 bits per heavy atom. The zero-order chi connectivity index (χ0) is 23.6. The first-order valence-electron chi connectivity index (χ1n) is 10.0. The lowest BCUT2D eigenvalue weighted by Gasteiger charge is -2.17. The third-order valence-corrected chi connectivity index (χ3v) is 4.77. The van der Waals surface area contributed by atoms with Crippen molar-refractivity contribution in [2.45, 2.75) is 5.92 Å². The second-order valence-corrected chi connectivity index (χ2v) is 6.95. The Morgan fingerprint density at radius 2 is 1.64 bits per heavy atom. The topological polar surface area (TPSA) is 123 Å². The third kappa shape index (κ3) is 6.23. The first kappa shape index (κ1) is 23.1. The van der Waals surface area contributed by atoms with E-state index in [-0.39, 0.29) is 18.1 Å². The second kappa shape index (κ2) is 11.2. The molecule has 0 aliphatic carbocycles. The standard InChI is InChI=1S/C24H22N4O5/c1-33-21-13-12-20(28(31)32)14-19(21)15-26-27-22(29)16-25-24(30)23(17-8-4-2-5-9-17)18-10-6-3-7-11-18/h2-15,23H,16H2,1H3,(H,25,30)(H,27,29). The monoisotopic (exact) mass is 446 g/mol. The second-order valence-electron chi connectivity index (χ2n) is 6.95. The molecule has 0 fully saturated rings. The van der Waals surface area contributed by atoms with Crippen molar-refractivity contribution >= 4 is 23.7 Å². The molecular formula is C24H22N4O5. The number of nitro benzene ring substituents is 1. The van der Waals surface area contributed by atoms with E-state index in [9.17, 15) is 19.7 Å². The van der Waals surface area contributed by atoms with Crippen LogP contribution in [-0.4, -0.2) is 36.6 Å². The van der Waals surface area contributed by atoms with Crippen molar-refractivity contribution in [3.8, 4) is 5.75 Å². The molecule has 33 heavy (non-hydrogen) atoms. The van der Waals surface area contributed by atoms with Gasteiger partial charge in [0.15, 0.2) is 0 Å². The maximum absolute atomic E-state index is 12.9. The van der Waals surface area contributed by atoms with Gasteiger partial charge in [-0.15, -0.1) is 0 Å². The van der Waals surface area contributed by atoms with Crippen LogP contribution in [0.5, 0.6) is 5.75 Å². The molecule has 3 aromatic rings. The number of hydrogen-bond donors (Lipinski definition) is 2. The fourth-order valence-electron chi connectivity index (χ4n) is 3.21. The lowest BCUT2D eigenvalue weighted by molar-refractivity contribution is -0.384. The average Bonchev–Trinajstić information content (AvgIpc) is 2.84.